The number of amides is 1. The van der Waals surface area contributed by atoms with Crippen LogP contribution in [0.5, 0.6) is 5.75 Å². The fraction of sp³-hybridized carbons (Fsp3) is 0.536. The highest BCUT2D eigenvalue weighted by molar-refractivity contribution is 5.87. The number of nitrogens with two attached hydrogens (primary N) is 1. The van der Waals surface area contributed by atoms with Crippen LogP contribution in [-0.2, 0) is 10.3 Å². The molecular weight excluding hydrogens is 412 g/mol. The number of hydrogen-bond donors (Lipinski definition) is 3. The molecule has 33 heavy (non-hydrogen) atoms. The Morgan fingerprint density at radius 1 is 1.06 bits per heavy atom. The molecule has 0 aliphatic heterocycles. The highest BCUT2D eigenvalue weighted by Crippen LogP contribution is 2.50. The third-order valence-corrected chi connectivity index (χ3v) is 7.83. The Labute approximate surface area is 197 Å². The Morgan fingerprint density at radius 3 is 2.18 bits per heavy atom. The van der Waals surface area contributed by atoms with Crippen LogP contribution in [0.1, 0.15) is 76.5 Å². The summed E-state index contributed by atoms with van der Waals surface area (Å²) in [5, 5.41) is 13.8. The van der Waals surface area contributed by atoms with Crippen LogP contribution in [0.2, 0.25) is 0 Å². The van der Waals surface area contributed by atoms with E-state index in [9.17, 15) is 9.90 Å². The van der Waals surface area contributed by atoms with E-state index < -0.39 is 17.2 Å². The van der Waals surface area contributed by atoms with E-state index in [-0.39, 0.29) is 5.91 Å². The molecule has 1 amide bonds. The average molecular weight is 451 g/mol. The van der Waals surface area contributed by atoms with E-state index in [1.807, 2.05) is 54.6 Å². The molecule has 3 aliphatic carbocycles. The lowest BCUT2D eigenvalue weighted by atomic mass is 9.61. The first-order valence-electron chi connectivity index (χ1n) is 12.2. The maximum absolute atomic E-state index is 13.1. The van der Waals surface area contributed by atoms with Gasteiger partial charge in [-0.3, -0.25) is 4.79 Å². The minimum atomic E-state index is -1.22. The smallest absolute Gasteiger partial charge is 0.244 e. The van der Waals surface area contributed by atoms with Gasteiger partial charge in [0.15, 0.2) is 0 Å². The predicted octanol–water partition coefficient (Wildman–Crippen LogP) is 4.84. The van der Waals surface area contributed by atoms with Crippen molar-refractivity contribution in [1.29, 1.82) is 0 Å². The normalized spacial score (nSPS) is 25.2. The first-order chi connectivity index (χ1) is 15.6. The third kappa shape index (κ3) is 5.25. The molecule has 3 fully saturated rings. The van der Waals surface area contributed by atoms with Crippen molar-refractivity contribution in [1.82, 2.24) is 5.32 Å². The molecule has 0 saturated heterocycles. The molecule has 2 atom stereocenters. The molecular formula is C28H38N2O3. The number of benzene rings is 2. The van der Waals surface area contributed by atoms with Gasteiger partial charge in [-0.15, -0.1) is 0 Å². The molecule has 3 aliphatic rings. The Morgan fingerprint density at radius 2 is 1.64 bits per heavy atom. The summed E-state index contributed by atoms with van der Waals surface area (Å²) in [6.07, 6.45) is 7.88. The molecule has 178 valence electrons. The Balaban J connectivity index is 1.44. The van der Waals surface area contributed by atoms with Crippen molar-refractivity contribution in [3.63, 3.8) is 0 Å². The van der Waals surface area contributed by atoms with E-state index >= 15 is 0 Å². The molecule has 2 bridgehead atoms. The molecule has 2 aromatic rings. The fourth-order valence-corrected chi connectivity index (χ4v) is 5.41. The summed E-state index contributed by atoms with van der Waals surface area (Å²) >= 11 is 0. The van der Waals surface area contributed by atoms with Crippen LogP contribution in [0.3, 0.4) is 0 Å². The van der Waals surface area contributed by atoms with Crippen LogP contribution < -0.4 is 15.8 Å². The molecule has 5 heteroatoms. The lowest BCUT2D eigenvalue weighted by Crippen LogP contribution is -2.53. The van der Waals surface area contributed by atoms with Crippen molar-refractivity contribution >= 4 is 5.91 Å². The molecule has 0 unspecified atom stereocenters. The SMILES string of the molecule is CC(C)(O)[C@H](NC(=O)[C@](C)(N)c1ccccc1)c1ccc(OCC23CCC(CC2)CC3)cc1. The van der Waals surface area contributed by atoms with Crippen LogP contribution in [0.15, 0.2) is 54.6 Å². The molecule has 0 aromatic heterocycles. The zero-order chi connectivity index (χ0) is 23.7. The van der Waals surface area contributed by atoms with Gasteiger partial charge in [0.05, 0.1) is 18.2 Å². The maximum Gasteiger partial charge on any atom is 0.244 e. The summed E-state index contributed by atoms with van der Waals surface area (Å²) in [4.78, 5) is 13.1. The van der Waals surface area contributed by atoms with Crippen molar-refractivity contribution in [3.05, 3.63) is 65.7 Å². The van der Waals surface area contributed by atoms with E-state index in [0.29, 0.717) is 5.41 Å². The maximum atomic E-state index is 13.1. The second-order valence-corrected chi connectivity index (χ2v) is 11.0. The number of ether oxygens (including phenoxy) is 1. The summed E-state index contributed by atoms with van der Waals surface area (Å²) in [6, 6.07) is 16.4. The van der Waals surface area contributed by atoms with Crippen LogP contribution in [0.25, 0.3) is 0 Å². The van der Waals surface area contributed by atoms with Crippen LogP contribution in [-0.4, -0.2) is 23.2 Å². The monoisotopic (exact) mass is 450 g/mol. The summed E-state index contributed by atoms with van der Waals surface area (Å²) < 4.78 is 6.21. The summed E-state index contributed by atoms with van der Waals surface area (Å²) in [5.74, 6) is 1.43. The van der Waals surface area contributed by atoms with Crippen LogP contribution >= 0.6 is 0 Å². The van der Waals surface area contributed by atoms with E-state index in [2.05, 4.69) is 5.32 Å². The lowest BCUT2D eigenvalue weighted by molar-refractivity contribution is -0.128. The van der Waals surface area contributed by atoms with Gasteiger partial charge in [0.1, 0.15) is 11.3 Å². The van der Waals surface area contributed by atoms with E-state index in [0.717, 1.165) is 29.4 Å². The van der Waals surface area contributed by atoms with Crippen molar-refractivity contribution < 1.29 is 14.6 Å². The largest absolute Gasteiger partial charge is 0.493 e. The van der Waals surface area contributed by atoms with Gasteiger partial charge >= 0.3 is 0 Å². The molecule has 5 rings (SSSR count). The molecule has 0 radical (unpaired) electrons. The van der Waals surface area contributed by atoms with E-state index in [4.69, 9.17) is 10.5 Å². The van der Waals surface area contributed by atoms with Crippen LogP contribution in [0, 0.1) is 11.3 Å². The summed E-state index contributed by atoms with van der Waals surface area (Å²) in [5.41, 5.74) is 5.88. The first kappa shape index (κ1) is 23.8. The summed E-state index contributed by atoms with van der Waals surface area (Å²) in [6.45, 7) is 5.84. The van der Waals surface area contributed by atoms with E-state index in [1.54, 1.807) is 20.8 Å². The molecule has 3 saturated carbocycles. The molecule has 4 N–H and O–H groups in total. The number of nitrogens with one attached hydrogen (secondary N) is 1. The number of aliphatic hydroxyl groups is 1. The second-order valence-electron chi connectivity index (χ2n) is 11.0. The van der Waals surface area contributed by atoms with Crippen LogP contribution in [0.4, 0.5) is 0 Å². The Kier molecular flexibility index (Phi) is 6.56. The topological polar surface area (TPSA) is 84.6 Å². The van der Waals surface area contributed by atoms with Gasteiger partial charge in [-0.1, -0.05) is 42.5 Å². The van der Waals surface area contributed by atoms with Gasteiger partial charge in [0, 0.05) is 5.41 Å². The van der Waals surface area contributed by atoms with Gasteiger partial charge in [-0.25, -0.2) is 0 Å². The van der Waals surface area contributed by atoms with Crippen molar-refractivity contribution in [2.45, 2.75) is 76.5 Å². The molecule has 2 aromatic carbocycles. The second kappa shape index (κ2) is 9.11. The minimum absolute atomic E-state index is 0.340. The van der Waals surface area contributed by atoms with Gasteiger partial charge < -0.3 is 20.9 Å². The number of carbonyl (C=O) groups is 1. The average Bonchev–Trinajstić information content (AvgIpc) is 2.82. The first-order valence-corrected chi connectivity index (χ1v) is 12.2. The van der Waals surface area contributed by atoms with Gasteiger partial charge in [-0.2, -0.15) is 0 Å². The quantitative estimate of drug-likeness (QED) is 0.537. The van der Waals surface area contributed by atoms with E-state index in [1.165, 1.54) is 38.5 Å². The zero-order valence-electron chi connectivity index (χ0n) is 20.1. The zero-order valence-corrected chi connectivity index (χ0v) is 20.1. The number of fused-ring (bicyclic) bond motifs is 3. The lowest BCUT2D eigenvalue weighted by Gasteiger charge is -2.46. The highest BCUT2D eigenvalue weighted by atomic mass is 16.5. The van der Waals surface area contributed by atoms with Gasteiger partial charge in [0.25, 0.3) is 0 Å². The van der Waals surface area contributed by atoms with Gasteiger partial charge in [0.2, 0.25) is 5.91 Å². The molecule has 5 nitrogen and oxygen atoms in total. The third-order valence-electron chi connectivity index (χ3n) is 7.83. The number of hydrogen-bond acceptors (Lipinski definition) is 4. The van der Waals surface area contributed by atoms with Crippen molar-refractivity contribution in [3.8, 4) is 5.75 Å². The predicted molar refractivity (Wildman–Crippen MR) is 131 cm³/mol. The Bertz CT molecular complexity index is 926. The fourth-order valence-electron chi connectivity index (χ4n) is 5.41. The highest BCUT2D eigenvalue weighted by Gasteiger charge is 2.41. The number of rotatable bonds is 8. The van der Waals surface area contributed by atoms with Crippen molar-refractivity contribution in [2.75, 3.05) is 6.61 Å². The molecule has 0 spiro atoms. The number of carbonyl (C=O) groups excluding carboxylic acids is 1. The standard InChI is InChI=1S/C28H38N2O3/c1-26(2,32)24(30-25(31)27(3,29)22-7-5-4-6-8-22)21-9-11-23(12-10-21)33-19-28-16-13-20(14-17-28)15-18-28/h4-12,20,24,32H,13-19,29H2,1-3H3,(H,30,31)/t20?,24-,27-,28?/m1/s1. The van der Waals surface area contributed by atoms with Gasteiger partial charge in [-0.05, 0) is 88.5 Å². The van der Waals surface area contributed by atoms with Crippen molar-refractivity contribution in [2.24, 2.45) is 17.1 Å². The minimum Gasteiger partial charge on any atom is -0.493 e. The summed E-state index contributed by atoms with van der Waals surface area (Å²) in [7, 11) is 0. The Hall–Kier alpha value is -2.37. The molecule has 0 heterocycles.